The highest BCUT2D eigenvalue weighted by molar-refractivity contribution is 9.09. The van der Waals surface area contributed by atoms with Gasteiger partial charge in [0.15, 0.2) is 0 Å². The molecule has 0 bridgehead atoms. The topological polar surface area (TPSA) is 29.5 Å². The molecule has 0 spiro atoms. The third-order valence-electron chi connectivity index (χ3n) is 2.32. The molecule has 1 fully saturated rings. The minimum atomic E-state index is -0.341. The molecule has 1 saturated carbocycles. The Bertz CT molecular complexity index is 113. The third kappa shape index (κ3) is 3.87. The van der Waals surface area contributed by atoms with Gasteiger partial charge in [0.25, 0.3) is 0 Å². The van der Waals surface area contributed by atoms with Crippen LogP contribution in [0.3, 0.4) is 0 Å². The van der Waals surface area contributed by atoms with E-state index in [4.69, 9.17) is 9.84 Å². The number of aliphatic hydroxyl groups excluding tert-OH is 1. The Hall–Kier alpha value is 0.400. The summed E-state index contributed by atoms with van der Waals surface area (Å²) in [6.45, 7) is 1.31. The Morgan fingerprint density at radius 3 is 2.67 bits per heavy atom. The predicted molar refractivity (Wildman–Crippen MR) is 52.6 cm³/mol. The molecular weight excluding hydrogens is 220 g/mol. The highest BCUT2D eigenvalue weighted by Crippen LogP contribution is 2.24. The molecule has 0 radical (unpaired) electrons. The summed E-state index contributed by atoms with van der Waals surface area (Å²) in [5.74, 6) is 0.757. The van der Waals surface area contributed by atoms with E-state index in [9.17, 15) is 0 Å². The van der Waals surface area contributed by atoms with Crippen LogP contribution in [0.5, 0.6) is 0 Å². The molecule has 0 aromatic rings. The average Bonchev–Trinajstić information content (AvgIpc) is 2.57. The number of rotatable bonds is 5. The van der Waals surface area contributed by atoms with E-state index in [0.29, 0.717) is 11.9 Å². The molecule has 1 aliphatic carbocycles. The molecule has 1 aliphatic rings. The monoisotopic (exact) mass is 236 g/mol. The summed E-state index contributed by atoms with van der Waals surface area (Å²) < 4.78 is 5.39. The van der Waals surface area contributed by atoms with Gasteiger partial charge in [0.1, 0.15) is 0 Å². The van der Waals surface area contributed by atoms with Crippen LogP contribution >= 0.6 is 15.9 Å². The van der Waals surface area contributed by atoms with Crippen molar-refractivity contribution in [2.75, 3.05) is 18.5 Å². The minimum absolute atomic E-state index is 0.341. The Labute approximate surface area is 82.4 Å². The van der Waals surface area contributed by atoms with Gasteiger partial charge in [-0.15, -0.1) is 0 Å². The second kappa shape index (κ2) is 5.95. The number of ether oxygens (including phenoxy) is 1. The van der Waals surface area contributed by atoms with Crippen LogP contribution in [0.2, 0.25) is 0 Å². The predicted octanol–water partition coefficient (Wildman–Crippen LogP) is 1.95. The number of alkyl halides is 1. The summed E-state index contributed by atoms with van der Waals surface area (Å²) in [5.41, 5.74) is 0. The molecule has 0 heterocycles. The number of hydrogen-bond acceptors (Lipinski definition) is 2. The summed E-state index contributed by atoms with van der Waals surface area (Å²) in [7, 11) is 0. The standard InChI is InChI=1S/C9H17BrO2/c10-5-9(11)7-12-6-8-3-1-2-4-8/h8-9,11H,1-7H2. The van der Waals surface area contributed by atoms with E-state index < -0.39 is 0 Å². The maximum atomic E-state index is 9.16. The van der Waals surface area contributed by atoms with Crippen LogP contribution in [-0.2, 0) is 4.74 Å². The van der Waals surface area contributed by atoms with Crippen molar-refractivity contribution >= 4 is 15.9 Å². The van der Waals surface area contributed by atoms with Crippen molar-refractivity contribution in [3.63, 3.8) is 0 Å². The first kappa shape index (κ1) is 10.5. The van der Waals surface area contributed by atoms with E-state index in [-0.39, 0.29) is 6.10 Å². The third-order valence-corrected chi connectivity index (χ3v) is 3.06. The Kier molecular flexibility index (Phi) is 5.19. The molecule has 0 aliphatic heterocycles. The molecule has 72 valence electrons. The van der Waals surface area contributed by atoms with Gasteiger partial charge in [-0.05, 0) is 18.8 Å². The van der Waals surface area contributed by atoms with Crippen LogP contribution in [0.25, 0.3) is 0 Å². The van der Waals surface area contributed by atoms with Gasteiger partial charge in [0, 0.05) is 11.9 Å². The SMILES string of the molecule is OC(CBr)COCC1CCCC1. The summed E-state index contributed by atoms with van der Waals surface area (Å²) in [6.07, 6.45) is 4.99. The maximum absolute atomic E-state index is 9.16. The first-order valence-electron chi connectivity index (χ1n) is 4.64. The van der Waals surface area contributed by atoms with Crippen molar-refractivity contribution in [2.24, 2.45) is 5.92 Å². The van der Waals surface area contributed by atoms with Gasteiger partial charge in [0.2, 0.25) is 0 Å². The molecule has 0 amide bonds. The van der Waals surface area contributed by atoms with Crippen LogP contribution in [0.4, 0.5) is 0 Å². The second-order valence-corrected chi connectivity index (χ2v) is 4.14. The molecule has 0 aromatic carbocycles. The molecule has 0 aromatic heterocycles. The van der Waals surface area contributed by atoms with Crippen molar-refractivity contribution in [1.29, 1.82) is 0 Å². The van der Waals surface area contributed by atoms with Crippen molar-refractivity contribution in [2.45, 2.75) is 31.8 Å². The molecule has 1 N–H and O–H groups in total. The number of halogens is 1. The minimum Gasteiger partial charge on any atom is -0.390 e. The molecule has 0 saturated heterocycles. The Morgan fingerprint density at radius 1 is 1.42 bits per heavy atom. The lowest BCUT2D eigenvalue weighted by Gasteiger charge is -2.11. The van der Waals surface area contributed by atoms with Gasteiger partial charge in [-0.1, -0.05) is 28.8 Å². The molecule has 3 heteroatoms. The van der Waals surface area contributed by atoms with Gasteiger partial charge in [-0.2, -0.15) is 0 Å². The fourth-order valence-electron chi connectivity index (χ4n) is 1.59. The normalized spacial score (nSPS) is 21.5. The van der Waals surface area contributed by atoms with Crippen molar-refractivity contribution in [1.82, 2.24) is 0 Å². The van der Waals surface area contributed by atoms with E-state index in [1.54, 1.807) is 0 Å². The summed E-state index contributed by atoms with van der Waals surface area (Å²) in [5, 5.41) is 9.77. The van der Waals surface area contributed by atoms with Crippen molar-refractivity contribution in [3.05, 3.63) is 0 Å². The van der Waals surface area contributed by atoms with Crippen molar-refractivity contribution < 1.29 is 9.84 Å². The smallest absolute Gasteiger partial charge is 0.0870 e. The van der Waals surface area contributed by atoms with Crippen LogP contribution in [0, 0.1) is 5.92 Å². The molecule has 12 heavy (non-hydrogen) atoms. The highest BCUT2D eigenvalue weighted by Gasteiger charge is 2.15. The zero-order chi connectivity index (χ0) is 8.81. The van der Waals surface area contributed by atoms with E-state index in [0.717, 1.165) is 12.5 Å². The van der Waals surface area contributed by atoms with E-state index in [2.05, 4.69) is 15.9 Å². The number of hydrogen-bond donors (Lipinski definition) is 1. The summed E-state index contributed by atoms with van der Waals surface area (Å²) in [4.78, 5) is 0. The van der Waals surface area contributed by atoms with Gasteiger partial charge in [0.05, 0.1) is 12.7 Å². The molecular formula is C9H17BrO2. The van der Waals surface area contributed by atoms with Gasteiger partial charge in [-0.25, -0.2) is 0 Å². The van der Waals surface area contributed by atoms with Crippen LogP contribution in [0.15, 0.2) is 0 Å². The van der Waals surface area contributed by atoms with E-state index in [1.165, 1.54) is 25.7 Å². The number of aliphatic hydroxyl groups is 1. The van der Waals surface area contributed by atoms with Gasteiger partial charge < -0.3 is 9.84 Å². The van der Waals surface area contributed by atoms with Gasteiger partial charge >= 0.3 is 0 Å². The average molecular weight is 237 g/mol. The summed E-state index contributed by atoms with van der Waals surface area (Å²) >= 11 is 3.20. The van der Waals surface area contributed by atoms with Crippen LogP contribution in [-0.4, -0.2) is 29.8 Å². The second-order valence-electron chi connectivity index (χ2n) is 3.50. The lowest BCUT2D eigenvalue weighted by molar-refractivity contribution is 0.0327. The quantitative estimate of drug-likeness (QED) is 0.740. The lowest BCUT2D eigenvalue weighted by Crippen LogP contribution is -2.18. The Balaban J connectivity index is 1.94. The zero-order valence-electron chi connectivity index (χ0n) is 7.34. The van der Waals surface area contributed by atoms with Gasteiger partial charge in [-0.3, -0.25) is 0 Å². The first-order chi connectivity index (χ1) is 5.83. The fourth-order valence-corrected chi connectivity index (χ4v) is 1.78. The molecule has 2 nitrogen and oxygen atoms in total. The Morgan fingerprint density at radius 2 is 2.08 bits per heavy atom. The fraction of sp³-hybridized carbons (Fsp3) is 1.00. The molecule has 1 rings (SSSR count). The zero-order valence-corrected chi connectivity index (χ0v) is 8.92. The van der Waals surface area contributed by atoms with E-state index in [1.807, 2.05) is 0 Å². The summed E-state index contributed by atoms with van der Waals surface area (Å²) in [6, 6.07) is 0. The first-order valence-corrected chi connectivity index (χ1v) is 5.77. The van der Waals surface area contributed by atoms with E-state index >= 15 is 0 Å². The highest BCUT2D eigenvalue weighted by atomic mass is 79.9. The van der Waals surface area contributed by atoms with Crippen molar-refractivity contribution in [3.8, 4) is 0 Å². The lowest BCUT2D eigenvalue weighted by atomic mass is 10.1. The largest absolute Gasteiger partial charge is 0.390 e. The maximum Gasteiger partial charge on any atom is 0.0870 e. The molecule has 1 atom stereocenters. The van der Waals surface area contributed by atoms with Crippen LogP contribution < -0.4 is 0 Å². The van der Waals surface area contributed by atoms with Crippen LogP contribution in [0.1, 0.15) is 25.7 Å². The molecule has 1 unspecified atom stereocenters.